The van der Waals surface area contributed by atoms with E-state index < -0.39 is 0 Å². The average Bonchev–Trinajstić information content (AvgIpc) is 2.70. The summed E-state index contributed by atoms with van der Waals surface area (Å²) in [4.78, 5) is 15.4. The molecule has 1 aromatic rings. The van der Waals surface area contributed by atoms with Crippen LogP contribution in [0.2, 0.25) is 0 Å². The van der Waals surface area contributed by atoms with Gasteiger partial charge < -0.3 is 11.1 Å². The van der Waals surface area contributed by atoms with Crippen LogP contribution in [-0.2, 0) is 4.79 Å². The smallest absolute Gasteiger partial charge is 0.220 e. The molecular formula is C9H17N5O. The quantitative estimate of drug-likeness (QED) is 0.582. The Bertz CT molecular complexity index is 285. The van der Waals surface area contributed by atoms with Gasteiger partial charge in [0.15, 0.2) is 0 Å². The summed E-state index contributed by atoms with van der Waals surface area (Å²) in [5, 5.41) is 9.26. The highest BCUT2D eigenvalue weighted by atomic mass is 16.1. The van der Waals surface area contributed by atoms with Gasteiger partial charge in [-0.25, -0.2) is 4.98 Å². The molecule has 0 aliphatic heterocycles. The Kier molecular flexibility index (Phi) is 4.76. The van der Waals surface area contributed by atoms with Crippen molar-refractivity contribution >= 4 is 5.91 Å². The molecule has 6 heteroatoms. The SMILES string of the molecule is CC(NC(=O)CCCCN)c1ncn[nH]1. The molecule has 6 nitrogen and oxygen atoms in total. The van der Waals surface area contributed by atoms with Crippen LogP contribution in [0.25, 0.3) is 0 Å². The Hall–Kier alpha value is -1.43. The first-order valence-corrected chi connectivity index (χ1v) is 5.08. The summed E-state index contributed by atoms with van der Waals surface area (Å²) in [7, 11) is 0. The van der Waals surface area contributed by atoms with Crippen LogP contribution < -0.4 is 11.1 Å². The summed E-state index contributed by atoms with van der Waals surface area (Å²) >= 11 is 0. The van der Waals surface area contributed by atoms with E-state index in [1.165, 1.54) is 6.33 Å². The van der Waals surface area contributed by atoms with Gasteiger partial charge in [-0.15, -0.1) is 0 Å². The maximum absolute atomic E-state index is 11.4. The normalized spacial score (nSPS) is 12.4. The van der Waals surface area contributed by atoms with Gasteiger partial charge in [-0.2, -0.15) is 5.10 Å². The Morgan fingerprint density at radius 2 is 2.47 bits per heavy atom. The molecule has 0 aliphatic carbocycles. The van der Waals surface area contributed by atoms with Crippen molar-refractivity contribution in [2.45, 2.75) is 32.2 Å². The minimum absolute atomic E-state index is 0.0207. The van der Waals surface area contributed by atoms with E-state index >= 15 is 0 Å². The standard InChI is InChI=1S/C9H17N5O/c1-7(9-11-6-12-14-9)13-8(15)4-2-3-5-10/h6-7H,2-5,10H2,1H3,(H,13,15)(H,11,12,14). The van der Waals surface area contributed by atoms with E-state index in [1.54, 1.807) is 0 Å². The minimum Gasteiger partial charge on any atom is -0.346 e. The number of hydrogen-bond acceptors (Lipinski definition) is 4. The van der Waals surface area contributed by atoms with E-state index in [9.17, 15) is 4.79 Å². The molecule has 0 saturated carbocycles. The van der Waals surface area contributed by atoms with Gasteiger partial charge in [-0.1, -0.05) is 0 Å². The fourth-order valence-corrected chi connectivity index (χ4v) is 1.24. The van der Waals surface area contributed by atoms with E-state index in [2.05, 4.69) is 20.5 Å². The number of carbonyl (C=O) groups is 1. The first kappa shape index (κ1) is 11.6. The van der Waals surface area contributed by atoms with Crippen molar-refractivity contribution in [3.8, 4) is 0 Å². The van der Waals surface area contributed by atoms with Crippen LogP contribution in [0.4, 0.5) is 0 Å². The summed E-state index contributed by atoms with van der Waals surface area (Å²) in [5.74, 6) is 0.689. The number of H-pyrrole nitrogens is 1. The molecule has 1 unspecified atom stereocenters. The molecule has 0 saturated heterocycles. The largest absolute Gasteiger partial charge is 0.346 e. The molecule has 15 heavy (non-hydrogen) atoms. The lowest BCUT2D eigenvalue weighted by atomic mass is 10.2. The van der Waals surface area contributed by atoms with Crippen LogP contribution in [0.5, 0.6) is 0 Å². The van der Waals surface area contributed by atoms with E-state index in [0.29, 0.717) is 18.8 Å². The van der Waals surface area contributed by atoms with Gasteiger partial charge in [0.25, 0.3) is 0 Å². The predicted octanol–water partition coefficient (Wildman–Crippen LogP) is 0.111. The third-order valence-corrected chi connectivity index (χ3v) is 2.08. The number of unbranched alkanes of at least 4 members (excludes halogenated alkanes) is 1. The number of nitrogens with zero attached hydrogens (tertiary/aromatic N) is 2. The van der Waals surface area contributed by atoms with E-state index in [-0.39, 0.29) is 11.9 Å². The van der Waals surface area contributed by atoms with Gasteiger partial charge >= 0.3 is 0 Å². The van der Waals surface area contributed by atoms with Gasteiger partial charge in [-0.3, -0.25) is 9.89 Å². The fourth-order valence-electron chi connectivity index (χ4n) is 1.24. The second-order valence-corrected chi connectivity index (χ2v) is 3.41. The molecular weight excluding hydrogens is 194 g/mol. The lowest BCUT2D eigenvalue weighted by Crippen LogP contribution is -2.27. The molecule has 4 N–H and O–H groups in total. The van der Waals surface area contributed by atoms with E-state index in [1.807, 2.05) is 6.92 Å². The number of rotatable bonds is 6. The second kappa shape index (κ2) is 6.13. The van der Waals surface area contributed by atoms with Gasteiger partial charge in [0.05, 0.1) is 6.04 Å². The molecule has 1 amide bonds. The third kappa shape index (κ3) is 4.07. The van der Waals surface area contributed by atoms with E-state index in [0.717, 1.165) is 12.8 Å². The van der Waals surface area contributed by atoms with Crippen LogP contribution in [-0.4, -0.2) is 27.6 Å². The number of aromatic nitrogens is 3. The zero-order valence-electron chi connectivity index (χ0n) is 8.86. The zero-order chi connectivity index (χ0) is 11.1. The molecule has 0 radical (unpaired) electrons. The number of amides is 1. The molecule has 84 valence electrons. The fraction of sp³-hybridized carbons (Fsp3) is 0.667. The number of aromatic amines is 1. The molecule has 0 spiro atoms. The van der Waals surface area contributed by atoms with Gasteiger partial charge in [0.1, 0.15) is 12.2 Å². The highest BCUT2D eigenvalue weighted by Crippen LogP contribution is 2.04. The first-order valence-electron chi connectivity index (χ1n) is 5.08. The lowest BCUT2D eigenvalue weighted by Gasteiger charge is -2.10. The molecule has 0 aromatic carbocycles. The second-order valence-electron chi connectivity index (χ2n) is 3.41. The van der Waals surface area contributed by atoms with Crippen LogP contribution in [0.1, 0.15) is 38.1 Å². The van der Waals surface area contributed by atoms with Crippen LogP contribution in [0, 0.1) is 0 Å². The average molecular weight is 211 g/mol. The lowest BCUT2D eigenvalue weighted by molar-refractivity contribution is -0.121. The summed E-state index contributed by atoms with van der Waals surface area (Å²) in [6.07, 6.45) is 3.64. The van der Waals surface area contributed by atoms with Crippen LogP contribution in [0.3, 0.4) is 0 Å². The Morgan fingerprint density at radius 3 is 3.07 bits per heavy atom. The number of carbonyl (C=O) groups excluding carboxylic acids is 1. The number of nitrogens with two attached hydrogens (primary N) is 1. The maximum atomic E-state index is 11.4. The van der Waals surface area contributed by atoms with Gasteiger partial charge in [-0.05, 0) is 26.3 Å². The molecule has 1 atom stereocenters. The maximum Gasteiger partial charge on any atom is 0.220 e. The molecule has 1 heterocycles. The third-order valence-electron chi connectivity index (χ3n) is 2.08. The number of hydrogen-bond donors (Lipinski definition) is 3. The molecule has 0 aliphatic rings. The highest BCUT2D eigenvalue weighted by molar-refractivity contribution is 5.76. The van der Waals surface area contributed by atoms with Crippen LogP contribution in [0.15, 0.2) is 6.33 Å². The topological polar surface area (TPSA) is 96.7 Å². The van der Waals surface area contributed by atoms with Crippen molar-refractivity contribution in [2.75, 3.05) is 6.54 Å². The van der Waals surface area contributed by atoms with Crippen molar-refractivity contribution in [1.82, 2.24) is 20.5 Å². The molecule has 1 aromatic heterocycles. The Morgan fingerprint density at radius 1 is 1.67 bits per heavy atom. The Balaban J connectivity index is 2.26. The Labute approximate surface area is 88.7 Å². The summed E-state index contributed by atoms with van der Waals surface area (Å²) in [6.45, 7) is 2.49. The highest BCUT2D eigenvalue weighted by Gasteiger charge is 2.10. The van der Waals surface area contributed by atoms with Gasteiger partial charge in [0, 0.05) is 6.42 Å². The monoisotopic (exact) mass is 211 g/mol. The predicted molar refractivity (Wildman–Crippen MR) is 55.8 cm³/mol. The minimum atomic E-state index is -0.127. The van der Waals surface area contributed by atoms with Crippen molar-refractivity contribution in [2.24, 2.45) is 5.73 Å². The molecule has 0 bridgehead atoms. The van der Waals surface area contributed by atoms with E-state index in [4.69, 9.17) is 5.73 Å². The summed E-state index contributed by atoms with van der Waals surface area (Å²) < 4.78 is 0. The van der Waals surface area contributed by atoms with Crippen LogP contribution >= 0.6 is 0 Å². The van der Waals surface area contributed by atoms with Gasteiger partial charge in [0.2, 0.25) is 5.91 Å². The van der Waals surface area contributed by atoms with Crippen molar-refractivity contribution in [3.05, 3.63) is 12.2 Å². The summed E-state index contributed by atoms with van der Waals surface area (Å²) in [6, 6.07) is -0.127. The van der Waals surface area contributed by atoms with Crippen molar-refractivity contribution in [1.29, 1.82) is 0 Å². The molecule has 1 rings (SSSR count). The summed E-state index contributed by atoms with van der Waals surface area (Å²) in [5.41, 5.74) is 5.34. The van der Waals surface area contributed by atoms with Crippen molar-refractivity contribution in [3.63, 3.8) is 0 Å². The number of nitrogens with one attached hydrogen (secondary N) is 2. The van der Waals surface area contributed by atoms with Crippen molar-refractivity contribution < 1.29 is 4.79 Å². The first-order chi connectivity index (χ1) is 7.24. The zero-order valence-corrected chi connectivity index (χ0v) is 8.86. The molecule has 0 fully saturated rings.